The predicted octanol–water partition coefficient (Wildman–Crippen LogP) is 4.67. The van der Waals surface area contributed by atoms with Gasteiger partial charge in [-0.15, -0.1) is 0 Å². The van der Waals surface area contributed by atoms with Crippen LogP contribution < -0.4 is 5.32 Å². The van der Waals surface area contributed by atoms with Crippen molar-refractivity contribution < 1.29 is 0 Å². The molecule has 0 aromatic carbocycles. The van der Waals surface area contributed by atoms with Gasteiger partial charge in [0, 0.05) is 6.54 Å². The van der Waals surface area contributed by atoms with Gasteiger partial charge in [0.1, 0.15) is 0 Å². The molecule has 1 N–H and O–H groups in total. The highest BCUT2D eigenvalue weighted by Crippen LogP contribution is 2.72. The Labute approximate surface area is 134 Å². The molecule has 21 heavy (non-hydrogen) atoms. The minimum Gasteiger partial charge on any atom is -0.308 e. The maximum atomic E-state index is 6.49. The summed E-state index contributed by atoms with van der Waals surface area (Å²) in [6, 6.07) is 0.288. The highest BCUT2D eigenvalue weighted by molar-refractivity contribution is 6.31. The number of hydrogen-bond acceptors (Lipinski definition) is 2. The smallest absolute Gasteiger partial charge is 0.0834 e. The van der Waals surface area contributed by atoms with Crippen molar-refractivity contribution in [1.82, 2.24) is 15.1 Å². The van der Waals surface area contributed by atoms with E-state index in [1.165, 1.54) is 5.69 Å². The maximum Gasteiger partial charge on any atom is 0.0834 e. The number of nitrogens with one attached hydrogen (secondary N) is 1. The molecule has 1 aliphatic rings. The molecule has 1 atom stereocenters. The second kappa shape index (κ2) is 5.92. The molecule has 2 rings (SSSR count). The van der Waals surface area contributed by atoms with Crippen molar-refractivity contribution in [1.29, 1.82) is 0 Å². The Morgan fingerprint density at radius 3 is 2.33 bits per heavy atom. The summed E-state index contributed by atoms with van der Waals surface area (Å²) in [6.07, 6.45) is 4.00. The molecule has 0 radical (unpaired) electrons. The van der Waals surface area contributed by atoms with Crippen LogP contribution in [0.15, 0.2) is 6.20 Å². The SMILES string of the molecule is CCCNC(c1c(Cl)cnn1CCC)C1C(C)(C)C1(C)C. The molecule has 1 fully saturated rings. The molecule has 0 saturated heterocycles. The molecule has 1 heterocycles. The van der Waals surface area contributed by atoms with Crippen molar-refractivity contribution in [3.63, 3.8) is 0 Å². The topological polar surface area (TPSA) is 29.9 Å². The van der Waals surface area contributed by atoms with Crippen LogP contribution in [-0.2, 0) is 6.54 Å². The van der Waals surface area contributed by atoms with Crippen LogP contribution in [0.3, 0.4) is 0 Å². The molecule has 1 aromatic rings. The summed E-state index contributed by atoms with van der Waals surface area (Å²) in [5.41, 5.74) is 1.82. The van der Waals surface area contributed by atoms with Crippen molar-refractivity contribution in [2.24, 2.45) is 16.7 Å². The van der Waals surface area contributed by atoms with Crippen LogP contribution in [0.1, 0.15) is 66.1 Å². The number of halogens is 1. The molecule has 4 heteroatoms. The van der Waals surface area contributed by atoms with E-state index in [0.29, 0.717) is 16.7 Å². The van der Waals surface area contributed by atoms with E-state index in [4.69, 9.17) is 11.6 Å². The fraction of sp³-hybridized carbons (Fsp3) is 0.824. The van der Waals surface area contributed by atoms with Crippen LogP contribution in [0.2, 0.25) is 5.02 Å². The number of aromatic nitrogens is 2. The van der Waals surface area contributed by atoms with Crippen LogP contribution >= 0.6 is 11.6 Å². The molecule has 1 aliphatic carbocycles. The molecule has 3 nitrogen and oxygen atoms in total. The average Bonchev–Trinajstić information content (AvgIpc) is 2.69. The third kappa shape index (κ3) is 2.75. The van der Waals surface area contributed by atoms with E-state index in [1.54, 1.807) is 6.20 Å². The van der Waals surface area contributed by atoms with Gasteiger partial charge in [0.15, 0.2) is 0 Å². The second-order valence-corrected chi connectivity index (χ2v) is 7.86. The van der Waals surface area contributed by atoms with E-state index in [9.17, 15) is 0 Å². The first-order valence-corrected chi connectivity index (χ1v) is 8.61. The standard InChI is InChI=1S/C17H30ClN3/c1-7-9-19-13(15-16(3,4)17(15,5)6)14-12(18)11-20-21(14)10-8-2/h11,13,15,19H,7-10H2,1-6H3. The number of rotatable bonds is 7. The molecule has 1 unspecified atom stereocenters. The molecular formula is C17H30ClN3. The van der Waals surface area contributed by atoms with Crippen molar-refractivity contribution in [2.75, 3.05) is 6.54 Å². The first-order valence-electron chi connectivity index (χ1n) is 8.23. The van der Waals surface area contributed by atoms with Gasteiger partial charge in [-0.25, -0.2) is 0 Å². The van der Waals surface area contributed by atoms with Gasteiger partial charge < -0.3 is 5.32 Å². The minimum atomic E-state index is 0.288. The van der Waals surface area contributed by atoms with Crippen molar-refractivity contribution in [3.05, 3.63) is 16.9 Å². The van der Waals surface area contributed by atoms with Gasteiger partial charge in [0.25, 0.3) is 0 Å². The van der Waals surface area contributed by atoms with Gasteiger partial charge >= 0.3 is 0 Å². The van der Waals surface area contributed by atoms with Crippen LogP contribution in [0.5, 0.6) is 0 Å². The molecule has 120 valence electrons. The lowest BCUT2D eigenvalue weighted by Gasteiger charge is -2.23. The molecular weight excluding hydrogens is 282 g/mol. The van der Waals surface area contributed by atoms with E-state index < -0.39 is 0 Å². The van der Waals surface area contributed by atoms with E-state index in [2.05, 4.69) is 56.6 Å². The van der Waals surface area contributed by atoms with Crippen molar-refractivity contribution >= 4 is 11.6 Å². The molecule has 0 aliphatic heterocycles. The highest BCUT2D eigenvalue weighted by Gasteiger charge is 2.67. The normalized spacial score (nSPS) is 21.5. The van der Waals surface area contributed by atoms with Crippen LogP contribution in [0, 0.1) is 16.7 Å². The number of aryl methyl sites for hydroxylation is 1. The summed E-state index contributed by atoms with van der Waals surface area (Å²) in [5, 5.41) is 9.03. The Morgan fingerprint density at radius 1 is 1.24 bits per heavy atom. The zero-order valence-corrected chi connectivity index (χ0v) is 15.1. The molecule has 1 aromatic heterocycles. The second-order valence-electron chi connectivity index (χ2n) is 7.45. The summed E-state index contributed by atoms with van der Waals surface area (Å²) in [4.78, 5) is 0. The summed E-state index contributed by atoms with van der Waals surface area (Å²) < 4.78 is 2.10. The highest BCUT2D eigenvalue weighted by atomic mass is 35.5. The lowest BCUT2D eigenvalue weighted by atomic mass is 10.0. The molecule has 0 amide bonds. The quantitative estimate of drug-likeness (QED) is 0.793. The van der Waals surface area contributed by atoms with E-state index in [-0.39, 0.29) is 6.04 Å². The van der Waals surface area contributed by atoms with Crippen LogP contribution in [-0.4, -0.2) is 16.3 Å². The largest absolute Gasteiger partial charge is 0.308 e. The summed E-state index contributed by atoms with van der Waals surface area (Å²) >= 11 is 6.49. The summed E-state index contributed by atoms with van der Waals surface area (Å²) in [6.45, 7) is 15.8. The number of nitrogens with zero attached hydrogens (tertiary/aromatic N) is 2. The van der Waals surface area contributed by atoms with E-state index >= 15 is 0 Å². The van der Waals surface area contributed by atoms with Crippen molar-refractivity contribution in [2.45, 2.75) is 67.0 Å². The summed E-state index contributed by atoms with van der Waals surface area (Å²) in [5.74, 6) is 0.585. The van der Waals surface area contributed by atoms with Crippen molar-refractivity contribution in [3.8, 4) is 0 Å². The van der Waals surface area contributed by atoms with Gasteiger partial charge in [-0.1, -0.05) is 53.1 Å². The monoisotopic (exact) mass is 311 g/mol. The Hall–Kier alpha value is -0.540. The van der Waals surface area contributed by atoms with Gasteiger partial charge in [-0.2, -0.15) is 5.10 Å². The third-order valence-electron chi connectivity index (χ3n) is 5.64. The molecule has 0 spiro atoms. The molecule has 1 saturated carbocycles. The first kappa shape index (κ1) is 16.8. The Morgan fingerprint density at radius 2 is 1.86 bits per heavy atom. The number of hydrogen-bond donors (Lipinski definition) is 1. The Bertz CT molecular complexity index is 476. The van der Waals surface area contributed by atoms with Gasteiger partial charge in [0.05, 0.1) is 23.0 Å². The summed E-state index contributed by atoms with van der Waals surface area (Å²) in [7, 11) is 0. The van der Waals surface area contributed by atoms with Gasteiger partial charge in [-0.05, 0) is 36.1 Å². The minimum absolute atomic E-state index is 0.288. The molecule has 0 bridgehead atoms. The fourth-order valence-corrected chi connectivity index (χ4v) is 4.08. The third-order valence-corrected chi connectivity index (χ3v) is 5.93. The van der Waals surface area contributed by atoms with Gasteiger partial charge in [-0.3, -0.25) is 4.68 Å². The zero-order chi connectivity index (χ0) is 15.8. The lowest BCUT2D eigenvalue weighted by Crippen LogP contribution is -2.29. The van der Waals surface area contributed by atoms with Gasteiger partial charge in [0.2, 0.25) is 0 Å². The predicted molar refractivity (Wildman–Crippen MR) is 89.6 cm³/mol. The van der Waals surface area contributed by atoms with Crippen LogP contribution in [0.4, 0.5) is 0 Å². The first-order chi connectivity index (χ1) is 9.79. The average molecular weight is 312 g/mol. The fourth-order valence-electron chi connectivity index (χ4n) is 3.82. The maximum absolute atomic E-state index is 6.49. The Balaban J connectivity index is 2.36. The Kier molecular flexibility index (Phi) is 4.75. The zero-order valence-electron chi connectivity index (χ0n) is 14.3. The van der Waals surface area contributed by atoms with E-state index in [1.807, 2.05) is 0 Å². The van der Waals surface area contributed by atoms with Crippen LogP contribution in [0.25, 0.3) is 0 Å². The lowest BCUT2D eigenvalue weighted by molar-refractivity contribution is 0.380. The van der Waals surface area contributed by atoms with E-state index in [0.717, 1.165) is 31.0 Å².